The predicted molar refractivity (Wildman–Crippen MR) is 97.4 cm³/mol. The van der Waals surface area contributed by atoms with Crippen LogP contribution >= 0.6 is 0 Å². The van der Waals surface area contributed by atoms with Crippen LogP contribution in [0.15, 0.2) is 4.99 Å². The molecule has 1 aliphatic rings. The summed E-state index contributed by atoms with van der Waals surface area (Å²) in [5.41, 5.74) is 2.48. The lowest BCUT2D eigenvalue weighted by Crippen LogP contribution is -2.31. The summed E-state index contributed by atoms with van der Waals surface area (Å²) in [4.78, 5) is 29.5. The molecule has 6 heteroatoms. The number of carbonyl (C=O) groups excluding carboxylic acids is 2. The second-order valence-electron chi connectivity index (χ2n) is 8.39. The second kappa shape index (κ2) is 6.73. The summed E-state index contributed by atoms with van der Waals surface area (Å²) in [5.74, 6) is -0.769. The Morgan fingerprint density at radius 2 is 1.80 bits per heavy atom. The van der Waals surface area contributed by atoms with Gasteiger partial charge < -0.3 is 4.74 Å². The zero-order valence-electron chi connectivity index (χ0n) is 16.4. The number of aromatic nitrogens is 2. The van der Waals surface area contributed by atoms with Gasteiger partial charge in [-0.3, -0.25) is 19.3 Å². The van der Waals surface area contributed by atoms with E-state index in [1.165, 1.54) is 0 Å². The average molecular weight is 347 g/mol. The van der Waals surface area contributed by atoms with Crippen molar-refractivity contribution in [3.63, 3.8) is 0 Å². The lowest BCUT2D eigenvalue weighted by Gasteiger charge is -2.26. The van der Waals surface area contributed by atoms with E-state index in [0.717, 1.165) is 17.0 Å². The summed E-state index contributed by atoms with van der Waals surface area (Å²) < 4.78 is 6.71. The zero-order chi connectivity index (χ0) is 19.0. The van der Waals surface area contributed by atoms with Crippen molar-refractivity contribution >= 4 is 17.5 Å². The molecule has 138 valence electrons. The molecule has 0 N–H and O–H groups in total. The van der Waals surface area contributed by atoms with Crippen molar-refractivity contribution in [3.8, 4) is 0 Å². The van der Waals surface area contributed by atoms with Gasteiger partial charge in [0, 0.05) is 23.9 Å². The van der Waals surface area contributed by atoms with Crippen LogP contribution in [0.25, 0.3) is 0 Å². The summed E-state index contributed by atoms with van der Waals surface area (Å²) in [5, 5.41) is 4.72. The summed E-state index contributed by atoms with van der Waals surface area (Å²) >= 11 is 0. The van der Waals surface area contributed by atoms with E-state index in [-0.39, 0.29) is 29.8 Å². The largest absolute Gasteiger partial charge is 0.466 e. The number of ketones is 1. The van der Waals surface area contributed by atoms with Crippen molar-refractivity contribution in [2.24, 2.45) is 10.4 Å². The SMILES string of the molecule is CCOC(=O)CC(=O)c1c2c(nn1C(C)(C)C)CCN=C2C(C)(C)C. The molecule has 0 unspecified atom stereocenters. The molecule has 2 heterocycles. The Kier molecular flexibility index (Phi) is 5.21. The monoisotopic (exact) mass is 347 g/mol. The highest BCUT2D eigenvalue weighted by Gasteiger charge is 2.36. The predicted octanol–water partition coefficient (Wildman–Crippen LogP) is 3.17. The van der Waals surface area contributed by atoms with E-state index in [2.05, 4.69) is 20.8 Å². The molecule has 0 saturated heterocycles. The number of fused-ring (bicyclic) bond motifs is 1. The molecule has 0 aromatic carbocycles. The first kappa shape index (κ1) is 19.3. The van der Waals surface area contributed by atoms with Crippen LogP contribution < -0.4 is 0 Å². The van der Waals surface area contributed by atoms with Crippen molar-refractivity contribution < 1.29 is 14.3 Å². The van der Waals surface area contributed by atoms with Crippen LogP contribution in [0.2, 0.25) is 0 Å². The van der Waals surface area contributed by atoms with Gasteiger partial charge in [-0.2, -0.15) is 5.10 Å². The standard InChI is InChI=1S/C19H29N3O3/c1-8-25-14(24)11-13(23)16-15-12(21-22(16)19(5,6)7)9-10-20-17(15)18(2,3)4/h8-11H2,1-7H3. The van der Waals surface area contributed by atoms with Crippen molar-refractivity contribution in [3.05, 3.63) is 17.0 Å². The zero-order valence-corrected chi connectivity index (χ0v) is 16.4. The number of ether oxygens (including phenoxy) is 1. The third-order valence-electron chi connectivity index (χ3n) is 4.03. The van der Waals surface area contributed by atoms with Crippen LogP contribution in [-0.2, 0) is 21.5 Å². The number of aliphatic imine (C=N–C) groups is 1. The third-order valence-corrected chi connectivity index (χ3v) is 4.03. The minimum atomic E-state index is -0.507. The first-order valence-corrected chi connectivity index (χ1v) is 8.83. The number of esters is 1. The fourth-order valence-corrected chi connectivity index (χ4v) is 3.02. The van der Waals surface area contributed by atoms with Gasteiger partial charge in [-0.15, -0.1) is 0 Å². The van der Waals surface area contributed by atoms with Gasteiger partial charge in [0.1, 0.15) is 12.1 Å². The Bertz CT molecular complexity index is 715. The Morgan fingerprint density at radius 3 is 2.32 bits per heavy atom. The molecular formula is C19H29N3O3. The number of rotatable bonds is 4. The van der Waals surface area contributed by atoms with E-state index in [1.54, 1.807) is 11.6 Å². The smallest absolute Gasteiger partial charge is 0.313 e. The van der Waals surface area contributed by atoms with Gasteiger partial charge >= 0.3 is 5.97 Å². The molecule has 6 nitrogen and oxygen atoms in total. The summed E-state index contributed by atoms with van der Waals surface area (Å²) in [6.45, 7) is 14.9. The molecule has 0 aliphatic carbocycles. The molecule has 1 aliphatic heterocycles. The summed E-state index contributed by atoms with van der Waals surface area (Å²) in [6, 6.07) is 0. The molecule has 0 bridgehead atoms. The number of nitrogens with zero attached hydrogens (tertiary/aromatic N) is 3. The topological polar surface area (TPSA) is 73.6 Å². The maximum Gasteiger partial charge on any atom is 0.313 e. The first-order valence-electron chi connectivity index (χ1n) is 8.83. The van der Waals surface area contributed by atoms with E-state index < -0.39 is 5.97 Å². The van der Waals surface area contributed by atoms with E-state index in [1.807, 2.05) is 20.8 Å². The third kappa shape index (κ3) is 3.99. The van der Waals surface area contributed by atoms with Gasteiger partial charge in [-0.05, 0) is 27.7 Å². The molecule has 0 amide bonds. The van der Waals surface area contributed by atoms with Crippen molar-refractivity contribution in [2.75, 3.05) is 13.2 Å². The summed E-state index contributed by atoms with van der Waals surface area (Å²) in [7, 11) is 0. The fraction of sp³-hybridized carbons (Fsp3) is 0.684. The Hall–Kier alpha value is -1.98. The van der Waals surface area contributed by atoms with Crippen molar-refractivity contribution in [1.82, 2.24) is 9.78 Å². The van der Waals surface area contributed by atoms with Gasteiger partial charge in [0.2, 0.25) is 0 Å². The van der Waals surface area contributed by atoms with Crippen LogP contribution in [0, 0.1) is 5.41 Å². The normalized spacial score (nSPS) is 14.8. The molecule has 0 radical (unpaired) electrons. The van der Waals surface area contributed by atoms with Crippen LogP contribution in [-0.4, -0.2) is 40.4 Å². The van der Waals surface area contributed by atoms with Crippen LogP contribution in [0.3, 0.4) is 0 Å². The highest BCUT2D eigenvalue weighted by atomic mass is 16.5. The van der Waals surface area contributed by atoms with E-state index in [9.17, 15) is 9.59 Å². The minimum Gasteiger partial charge on any atom is -0.466 e. The van der Waals surface area contributed by atoms with E-state index in [4.69, 9.17) is 14.8 Å². The Balaban J connectivity index is 2.61. The molecule has 0 saturated carbocycles. The number of Topliss-reactive ketones (excluding diaryl/α,β-unsaturated/α-hetero) is 1. The molecular weight excluding hydrogens is 318 g/mol. The molecule has 2 rings (SSSR count). The average Bonchev–Trinajstić information content (AvgIpc) is 2.85. The molecule has 0 fully saturated rings. The summed E-state index contributed by atoms with van der Waals surface area (Å²) in [6.07, 6.45) is 0.428. The van der Waals surface area contributed by atoms with E-state index >= 15 is 0 Å². The molecule has 0 spiro atoms. The van der Waals surface area contributed by atoms with Crippen LogP contribution in [0.1, 0.15) is 76.6 Å². The number of hydrogen-bond donors (Lipinski definition) is 0. The van der Waals surface area contributed by atoms with Gasteiger partial charge in [-0.1, -0.05) is 20.8 Å². The molecule has 1 aromatic rings. The van der Waals surface area contributed by atoms with Crippen molar-refractivity contribution in [2.45, 2.75) is 66.8 Å². The lowest BCUT2D eigenvalue weighted by molar-refractivity contribution is -0.141. The highest BCUT2D eigenvalue weighted by Crippen LogP contribution is 2.32. The number of hydrogen-bond acceptors (Lipinski definition) is 5. The number of carbonyl (C=O) groups is 2. The van der Waals surface area contributed by atoms with Gasteiger partial charge in [0.25, 0.3) is 0 Å². The minimum absolute atomic E-state index is 0.208. The van der Waals surface area contributed by atoms with Gasteiger partial charge in [0.15, 0.2) is 5.78 Å². The van der Waals surface area contributed by atoms with Crippen molar-refractivity contribution in [1.29, 1.82) is 0 Å². The Labute approximate surface area is 149 Å². The van der Waals surface area contributed by atoms with Gasteiger partial charge in [-0.25, -0.2) is 0 Å². The lowest BCUT2D eigenvalue weighted by atomic mass is 9.82. The highest BCUT2D eigenvalue weighted by molar-refractivity contribution is 6.16. The first-order chi connectivity index (χ1) is 11.5. The van der Waals surface area contributed by atoms with Gasteiger partial charge in [0.05, 0.1) is 23.6 Å². The maximum atomic E-state index is 13.0. The molecule has 25 heavy (non-hydrogen) atoms. The van der Waals surface area contributed by atoms with E-state index in [0.29, 0.717) is 18.7 Å². The molecule has 1 aromatic heterocycles. The maximum absolute atomic E-state index is 13.0. The fourth-order valence-electron chi connectivity index (χ4n) is 3.02. The Morgan fingerprint density at radius 1 is 1.16 bits per heavy atom. The quantitative estimate of drug-likeness (QED) is 0.476. The van der Waals surface area contributed by atoms with Crippen LogP contribution in [0.5, 0.6) is 0 Å². The second-order valence-corrected chi connectivity index (χ2v) is 8.39. The van der Waals surface area contributed by atoms with Crippen LogP contribution in [0.4, 0.5) is 0 Å². The molecule has 0 atom stereocenters.